The van der Waals surface area contributed by atoms with Crippen molar-refractivity contribution in [2.75, 3.05) is 4.84 Å². The predicted molar refractivity (Wildman–Crippen MR) is 42.3 cm³/mol. The van der Waals surface area contributed by atoms with Crippen LogP contribution in [-0.2, 0) is 0 Å². The van der Waals surface area contributed by atoms with Crippen LogP contribution in [0.3, 0.4) is 0 Å². The Kier molecular flexibility index (Phi) is 2.02. The maximum absolute atomic E-state index is 8.97. The molecule has 0 atom stereocenters. The van der Waals surface area contributed by atoms with E-state index >= 15 is 0 Å². The molecule has 2 N–H and O–H groups in total. The van der Waals surface area contributed by atoms with Crippen LogP contribution in [0.25, 0.3) is 0 Å². The maximum atomic E-state index is 8.97. The van der Waals surface area contributed by atoms with Crippen molar-refractivity contribution in [1.29, 1.82) is 0 Å². The number of phenols is 1. The van der Waals surface area contributed by atoms with Crippen LogP contribution in [0, 0.1) is 6.92 Å². The van der Waals surface area contributed by atoms with Gasteiger partial charge in [0.05, 0.1) is 5.69 Å². The fraction of sp³-hybridized carbons (Fsp3) is 0.143. The SMILES string of the molecule is Cc1ccc(O)cc1NCl. The molecule has 0 spiro atoms. The molecule has 10 heavy (non-hydrogen) atoms. The second kappa shape index (κ2) is 2.80. The Morgan fingerprint density at radius 1 is 1.50 bits per heavy atom. The molecule has 0 aliphatic heterocycles. The molecule has 1 rings (SSSR count). The molecule has 0 aliphatic carbocycles. The maximum Gasteiger partial charge on any atom is 0.117 e. The molecule has 0 unspecified atom stereocenters. The number of aryl methyl sites for hydroxylation is 1. The molecule has 1 aromatic rings. The van der Waals surface area contributed by atoms with Crippen molar-refractivity contribution in [1.82, 2.24) is 0 Å². The fourth-order valence-corrected chi connectivity index (χ4v) is 0.915. The van der Waals surface area contributed by atoms with E-state index in [-0.39, 0.29) is 5.75 Å². The van der Waals surface area contributed by atoms with Crippen LogP contribution in [0.5, 0.6) is 5.75 Å². The third-order valence-corrected chi connectivity index (χ3v) is 1.53. The summed E-state index contributed by atoms with van der Waals surface area (Å²) < 4.78 is 0. The van der Waals surface area contributed by atoms with Gasteiger partial charge in [-0.1, -0.05) is 6.07 Å². The molecular formula is C7H8ClNO. The molecule has 0 aliphatic rings. The topological polar surface area (TPSA) is 32.3 Å². The van der Waals surface area contributed by atoms with Crippen molar-refractivity contribution in [3.8, 4) is 5.75 Å². The standard InChI is InChI=1S/C7H8ClNO/c1-5-2-3-6(10)4-7(5)9-8/h2-4,9-10H,1H3. The van der Waals surface area contributed by atoms with Crippen LogP contribution < -0.4 is 4.84 Å². The number of nitrogens with one attached hydrogen (secondary N) is 1. The van der Waals surface area contributed by atoms with Crippen LogP contribution in [0.1, 0.15) is 5.56 Å². The lowest BCUT2D eigenvalue weighted by atomic mass is 10.2. The number of phenolic OH excluding ortho intramolecular Hbond substituents is 1. The lowest BCUT2D eigenvalue weighted by molar-refractivity contribution is 0.475. The van der Waals surface area contributed by atoms with E-state index in [1.807, 2.05) is 6.92 Å². The Hall–Kier alpha value is -0.890. The molecule has 0 aromatic heterocycles. The summed E-state index contributed by atoms with van der Waals surface area (Å²) in [4.78, 5) is 2.45. The summed E-state index contributed by atoms with van der Waals surface area (Å²) in [5.74, 6) is 0.216. The van der Waals surface area contributed by atoms with Gasteiger partial charge in [0.15, 0.2) is 0 Å². The molecular weight excluding hydrogens is 150 g/mol. The molecule has 0 fully saturated rings. The summed E-state index contributed by atoms with van der Waals surface area (Å²) in [7, 11) is 0. The minimum absolute atomic E-state index is 0.216. The van der Waals surface area contributed by atoms with Gasteiger partial charge in [-0.3, -0.25) is 4.84 Å². The van der Waals surface area contributed by atoms with E-state index in [0.29, 0.717) is 0 Å². The van der Waals surface area contributed by atoms with E-state index in [2.05, 4.69) is 4.84 Å². The normalized spacial score (nSPS) is 9.40. The monoisotopic (exact) mass is 157 g/mol. The molecule has 0 saturated carbocycles. The molecule has 1 aromatic carbocycles. The first-order valence-corrected chi connectivity index (χ1v) is 3.28. The van der Waals surface area contributed by atoms with Crippen LogP contribution >= 0.6 is 11.8 Å². The Bertz CT molecular complexity index is 237. The average molecular weight is 158 g/mol. The average Bonchev–Trinajstić information content (AvgIpc) is 1.94. The van der Waals surface area contributed by atoms with Crippen molar-refractivity contribution < 1.29 is 5.11 Å². The van der Waals surface area contributed by atoms with Crippen molar-refractivity contribution in [2.24, 2.45) is 0 Å². The van der Waals surface area contributed by atoms with Crippen molar-refractivity contribution in [3.05, 3.63) is 23.8 Å². The van der Waals surface area contributed by atoms with Crippen LogP contribution in [0.2, 0.25) is 0 Å². The summed E-state index contributed by atoms with van der Waals surface area (Å²) in [6, 6.07) is 4.98. The number of halogens is 1. The van der Waals surface area contributed by atoms with E-state index in [4.69, 9.17) is 16.9 Å². The highest BCUT2D eigenvalue weighted by Gasteiger charge is 1.95. The zero-order valence-corrected chi connectivity index (χ0v) is 6.31. The summed E-state index contributed by atoms with van der Waals surface area (Å²) in [5, 5.41) is 8.97. The van der Waals surface area contributed by atoms with Gasteiger partial charge in [0.2, 0.25) is 0 Å². The van der Waals surface area contributed by atoms with Gasteiger partial charge in [-0.15, -0.1) is 0 Å². The van der Waals surface area contributed by atoms with Gasteiger partial charge in [0, 0.05) is 17.8 Å². The molecule has 0 radical (unpaired) electrons. The lowest BCUT2D eigenvalue weighted by Crippen LogP contribution is -1.83. The van der Waals surface area contributed by atoms with Crippen LogP contribution in [0.4, 0.5) is 5.69 Å². The predicted octanol–water partition coefficient (Wildman–Crippen LogP) is 2.27. The van der Waals surface area contributed by atoms with Crippen LogP contribution in [-0.4, -0.2) is 5.11 Å². The molecule has 54 valence electrons. The number of hydrogen-bond acceptors (Lipinski definition) is 2. The second-order valence-electron chi connectivity index (χ2n) is 2.09. The number of benzene rings is 1. The van der Waals surface area contributed by atoms with Gasteiger partial charge in [-0.2, -0.15) is 0 Å². The fourth-order valence-electron chi connectivity index (χ4n) is 0.712. The van der Waals surface area contributed by atoms with E-state index in [9.17, 15) is 0 Å². The third-order valence-electron chi connectivity index (χ3n) is 1.32. The van der Waals surface area contributed by atoms with Gasteiger partial charge in [0.1, 0.15) is 5.75 Å². The summed E-state index contributed by atoms with van der Waals surface area (Å²) in [6.07, 6.45) is 0. The van der Waals surface area contributed by atoms with Crippen molar-refractivity contribution in [2.45, 2.75) is 6.92 Å². The highest BCUT2D eigenvalue weighted by Crippen LogP contribution is 2.20. The zero-order valence-electron chi connectivity index (χ0n) is 5.56. The highest BCUT2D eigenvalue weighted by molar-refractivity contribution is 6.24. The van der Waals surface area contributed by atoms with Crippen LogP contribution in [0.15, 0.2) is 18.2 Å². The smallest absolute Gasteiger partial charge is 0.117 e. The van der Waals surface area contributed by atoms with E-state index in [0.717, 1.165) is 11.3 Å². The number of hydrogen-bond donors (Lipinski definition) is 2. The number of aromatic hydroxyl groups is 1. The number of anilines is 1. The van der Waals surface area contributed by atoms with Gasteiger partial charge in [-0.25, -0.2) is 0 Å². The van der Waals surface area contributed by atoms with E-state index < -0.39 is 0 Å². The Balaban J connectivity index is 3.09. The second-order valence-corrected chi connectivity index (χ2v) is 2.28. The highest BCUT2D eigenvalue weighted by atomic mass is 35.5. The van der Waals surface area contributed by atoms with Crippen molar-refractivity contribution >= 4 is 17.5 Å². The van der Waals surface area contributed by atoms with E-state index in [1.165, 1.54) is 0 Å². The third kappa shape index (κ3) is 1.33. The van der Waals surface area contributed by atoms with Gasteiger partial charge >= 0.3 is 0 Å². The molecule has 0 amide bonds. The van der Waals surface area contributed by atoms with Gasteiger partial charge in [0.25, 0.3) is 0 Å². The van der Waals surface area contributed by atoms with E-state index in [1.54, 1.807) is 18.2 Å². The molecule has 3 heteroatoms. The minimum atomic E-state index is 0.216. The van der Waals surface area contributed by atoms with Crippen molar-refractivity contribution in [3.63, 3.8) is 0 Å². The molecule has 0 saturated heterocycles. The summed E-state index contributed by atoms with van der Waals surface area (Å²) >= 11 is 5.34. The quantitative estimate of drug-likeness (QED) is 0.613. The first-order chi connectivity index (χ1) is 4.74. The molecule has 2 nitrogen and oxygen atoms in total. The Morgan fingerprint density at radius 3 is 2.70 bits per heavy atom. The first kappa shape index (κ1) is 7.22. The zero-order chi connectivity index (χ0) is 7.56. The molecule has 0 bridgehead atoms. The van der Waals surface area contributed by atoms with Gasteiger partial charge in [-0.05, 0) is 18.6 Å². The lowest BCUT2D eigenvalue weighted by Gasteiger charge is -2.01. The Labute approximate surface area is 64.6 Å². The summed E-state index contributed by atoms with van der Waals surface area (Å²) in [6.45, 7) is 1.91. The minimum Gasteiger partial charge on any atom is -0.508 e. The first-order valence-electron chi connectivity index (χ1n) is 2.90. The largest absolute Gasteiger partial charge is 0.508 e. The number of rotatable bonds is 1. The van der Waals surface area contributed by atoms with Gasteiger partial charge < -0.3 is 5.11 Å². The Morgan fingerprint density at radius 2 is 2.20 bits per heavy atom. The summed E-state index contributed by atoms with van der Waals surface area (Å²) in [5.41, 5.74) is 1.74. The molecule has 0 heterocycles.